The van der Waals surface area contributed by atoms with Crippen LogP contribution < -0.4 is 5.32 Å². The third-order valence-electron chi connectivity index (χ3n) is 4.52. The van der Waals surface area contributed by atoms with Crippen molar-refractivity contribution in [1.29, 1.82) is 0 Å². The van der Waals surface area contributed by atoms with Crippen LogP contribution in [0.4, 0.5) is 0 Å². The molecule has 0 saturated carbocycles. The molecule has 0 aliphatic carbocycles. The summed E-state index contributed by atoms with van der Waals surface area (Å²) in [4.78, 5) is 2.53. The average molecular weight is 303 g/mol. The molecular formula is C17H25N3O2. The van der Waals surface area contributed by atoms with Gasteiger partial charge in [0.05, 0.1) is 18.0 Å². The predicted octanol–water partition coefficient (Wildman–Crippen LogP) is 3.20. The van der Waals surface area contributed by atoms with Crippen molar-refractivity contribution in [2.24, 2.45) is 0 Å². The van der Waals surface area contributed by atoms with Gasteiger partial charge >= 0.3 is 0 Å². The summed E-state index contributed by atoms with van der Waals surface area (Å²) in [5.74, 6) is 1.95. The van der Waals surface area contributed by atoms with Crippen molar-refractivity contribution < 1.29 is 8.94 Å². The van der Waals surface area contributed by atoms with Gasteiger partial charge < -0.3 is 14.3 Å². The Morgan fingerprint density at radius 2 is 2.09 bits per heavy atom. The van der Waals surface area contributed by atoms with Crippen molar-refractivity contribution >= 4 is 0 Å². The Balaban J connectivity index is 1.63. The van der Waals surface area contributed by atoms with Gasteiger partial charge in [-0.1, -0.05) is 11.6 Å². The number of hydrogen-bond acceptors (Lipinski definition) is 5. The summed E-state index contributed by atoms with van der Waals surface area (Å²) in [5.41, 5.74) is 2.13. The van der Waals surface area contributed by atoms with Gasteiger partial charge in [0.2, 0.25) is 0 Å². The fraction of sp³-hybridized carbons (Fsp3) is 0.588. The molecule has 120 valence electrons. The van der Waals surface area contributed by atoms with Crippen LogP contribution in [0.5, 0.6) is 0 Å². The van der Waals surface area contributed by atoms with Gasteiger partial charge in [0.15, 0.2) is 0 Å². The monoisotopic (exact) mass is 303 g/mol. The molecule has 5 heteroatoms. The molecule has 0 bridgehead atoms. The molecule has 2 aromatic heterocycles. The molecule has 0 amide bonds. The van der Waals surface area contributed by atoms with Crippen LogP contribution >= 0.6 is 0 Å². The van der Waals surface area contributed by atoms with E-state index >= 15 is 0 Å². The zero-order valence-electron chi connectivity index (χ0n) is 13.5. The normalized spacial score (nSPS) is 17.7. The summed E-state index contributed by atoms with van der Waals surface area (Å²) < 4.78 is 10.9. The van der Waals surface area contributed by atoms with Crippen molar-refractivity contribution in [3.05, 3.63) is 41.2 Å². The molecule has 3 heterocycles. The molecule has 1 fully saturated rings. The molecule has 1 atom stereocenters. The maximum atomic E-state index is 5.67. The second-order valence-electron chi connectivity index (χ2n) is 6.06. The van der Waals surface area contributed by atoms with E-state index in [9.17, 15) is 0 Å². The number of aryl methyl sites for hydroxylation is 2. The number of nitrogens with zero attached hydrogens (tertiary/aromatic N) is 2. The average Bonchev–Trinajstić information content (AvgIpc) is 3.17. The first-order valence-corrected chi connectivity index (χ1v) is 8.15. The number of aromatic nitrogens is 1. The SMILES string of the molecule is Cc1noc(C)c1CNCC(c1ccco1)N1CCCCC1. The van der Waals surface area contributed by atoms with Gasteiger partial charge in [-0.3, -0.25) is 4.90 Å². The summed E-state index contributed by atoms with van der Waals surface area (Å²) in [6, 6.07) is 4.35. The van der Waals surface area contributed by atoms with Crippen LogP contribution in [0.15, 0.2) is 27.3 Å². The molecule has 1 aliphatic rings. The molecule has 2 aromatic rings. The summed E-state index contributed by atoms with van der Waals surface area (Å²) in [6.07, 6.45) is 5.66. The van der Waals surface area contributed by atoms with E-state index in [1.807, 2.05) is 19.9 Å². The number of nitrogens with one attached hydrogen (secondary N) is 1. The summed E-state index contributed by atoms with van der Waals surface area (Å²) >= 11 is 0. The van der Waals surface area contributed by atoms with E-state index in [1.54, 1.807) is 6.26 Å². The van der Waals surface area contributed by atoms with Gasteiger partial charge in [-0.2, -0.15) is 0 Å². The van der Waals surface area contributed by atoms with Crippen molar-refractivity contribution in [2.75, 3.05) is 19.6 Å². The quantitative estimate of drug-likeness (QED) is 0.888. The van der Waals surface area contributed by atoms with Gasteiger partial charge in [0.25, 0.3) is 0 Å². The van der Waals surface area contributed by atoms with E-state index in [0.717, 1.165) is 49.0 Å². The standard InChI is InChI=1S/C17H25N3O2/c1-13-15(14(2)22-19-13)11-18-12-16(17-7-6-10-21-17)20-8-4-3-5-9-20/h6-7,10,16,18H,3-5,8-9,11-12H2,1-2H3. The Morgan fingerprint density at radius 1 is 1.27 bits per heavy atom. The first-order valence-electron chi connectivity index (χ1n) is 8.15. The lowest BCUT2D eigenvalue weighted by atomic mass is 10.1. The summed E-state index contributed by atoms with van der Waals surface area (Å²) in [7, 11) is 0. The van der Waals surface area contributed by atoms with E-state index in [1.165, 1.54) is 19.3 Å². The van der Waals surface area contributed by atoms with E-state index in [2.05, 4.69) is 21.4 Å². The van der Waals surface area contributed by atoms with Crippen LogP contribution in [0.3, 0.4) is 0 Å². The van der Waals surface area contributed by atoms with Crippen LogP contribution in [0.25, 0.3) is 0 Å². The Labute approximate surface area is 131 Å². The number of likely N-dealkylation sites (tertiary alicyclic amines) is 1. The van der Waals surface area contributed by atoms with Crippen molar-refractivity contribution in [3.63, 3.8) is 0 Å². The maximum absolute atomic E-state index is 5.67. The Morgan fingerprint density at radius 3 is 2.73 bits per heavy atom. The molecule has 1 N–H and O–H groups in total. The van der Waals surface area contributed by atoms with E-state index < -0.39 is 0 Å². The van der Waals surface area contributed by atoms with Gasteiger partial charge in [0, 0.05) is 18.7 Å². The van der Waals surface area contributed by atoms with Gasteiger partial charge in [0.1, 0.15) is 11.5 Å². The zero-order valence-corrected chi connectivity index (χ0v) is 13.5. The second-order valence-corrected chi connectivity index (χ2v) is 6.06. The van der Waals surface area contributed by atoms with Crippen LogP contribution in [0, 0.1) is 13.8 Å². The minimum Gasteiger partial charge on any atom is -0.468 e. The Bertz CT molecular complexity index is 551. The molecule has 3 rings (SSSR count). The third-order valence-corrected chi connectivity index (χ3v) is 4.52. The summed E-state index contributed by atoms with van der Waals surface area (Å²) in [6.45, 7) is 7.91. The minimum atomic E-state index is 0.302. The van der Waals surface area contributed by atoms with Gasteiger partial charge in [-0.15, -0.1) is 0 Å². The molecule has 5 nitrogen and oxygen atoms in total. The topological polar surface area (TPSA) is 54.4 Å². The largest absolute Gasteiger partial charge is 0.468 e. The van der Waals surface area contributed by atoms with Crippen LogP contribution in [0.2, 0.25) is 0 Å². The maximum Gasteiger partial charge on any atom is 0.138 e. The third kappa shape index (κ3) is 3.42. The highest BCUT2D eigenvalue weighted by molar-refractivity contribution is 5.20. The van der Waals surface area contributed by atoms with Gasteiger partial charge in [-0.25, -0.2) is 0 Å². The highest BCUT2D eigenvalue weighted by Gasteiger charge is 2.24. The zero-order chi connectivity index (χ0) is 15.4. The number of furan rings is 1. The number of piperidine rings is 1. The first-order chi connectivity index (χ1) is 10.8. The van der Waals surface area contributed by atoms with Crippen molar-refractivity contribution in [2.45, 2.75) is 45.7 Å². The molecule has 22 heavy (non-hydrogen) atoms. The van der Waals surface area contributed by atoms with E-state index in [-0.39, 0.29) is 0 Å². The predicted molar refractivity (Wildman–Crippen MR) is 84.6 cm³/mol. The van der Waals surface area contributed by atoms with Crippen LogP contribution in [-0.4, -0.2) is 29.7 Å². The highest BCUT2D eigenvalue weighted by atomic mass is 16.5. The molecule has 1 aliphatic heterocycles. The smallest absolute Gasteiger partial charge is 0.138 e. The van der Waals surface area contributed by atoms with Crippen LogP contribution in [-0.2, 0) is 6.54 Å². The minimum absolute atomic E-state index is 0.302. The first kappa shape index (κ1) is 15.3. The molecule has 0 spiro atoms. The van der Waals surface area contributed by atoms with E-state index in [4.69, 9.17) is 8.94 Å². The van der Waals surface area contributed by atoms with E-state index in [0.29, 0.717) is 6.04 Å². The summed E-state index contributed by atoms with van der Waals surface area (Å²) in [5, 5.41) is 7.56. The fourth-order valence-corrected chi connectivity index (χ4v) is 3.21. The molecule has 0 radical (unpaired) electrons. The molecule has 0 aromatic carbocycles. The molecule has 1 unspecified atom stereocenters. The van der Waals surface area contributed by atoms with Crippen molar-refractivity contribution in [3.8, 4) is 0 Å². The van der Waals surface area contributed by atoms with Crippen molar-refractivity contribution in [1.82, 2.24) is 15.4 Å². The highest BCUT2D eigenvalue weighted by Crippen LogP contribution is 2.24. The fourth-order valence-electron chi connectivity index (χ4n) is 3.21. The number of hydrogen-bond donors (Lipinski definition) is 1. The van der Waals surface area contributed by atoms with Crippen LogP contribution in [0.1, 0.15) is 48.1 Å². The Kier molecular flexibility index (Phi) is 4.95. The lowest BCUT2D eigenvalue weighted by molar-refractivity contribution is 0.142. The molecular weight excluding hydrogens is 278 g/mol. The number of rotatable bonds is 6. The lowest BCUT2D eigenvalue weighted by Crippen LogP contribution is -2.38. The Hall–Kier alpha value is -1.59. The lowest BCUT2D eigenvalue weighted by Gasteiger charge is -2.33. The van der Waals surface area contributed by atoms with Gasteiger partial charge in [-0.05, 0) is 51.9 Å². The second kappa shape index (κ2) is 7.11. The molecule has 1 saturated heterocycles.